The van der Waals surface area contributed by atoms with Gasteiger partial charge in [0.25, 0.3) is 0 Å². The van der Waals surface area contributed by atoms with E-state index in [1.54, 1.807) is 0 Å². The third-order valence-electron chi connectivity index (χ3n) is 22.1. The Morgan fingerprint density at radius 2 is 0.652 bits per heavy atom. The van der Waals surface area contributed by atoms with Gasteiger partial charge in [-0.2, -0.15) is 0 Å². The van der Waals surface area contributed by atoms with Gasteiger partial charge in [-0.05, 0) is 103 Å². The number of carbonyl (C=O) groups excluding carboxylic acids is 4. The Morgan fingerprint density at radius 1 is 0.339 bits per heavy atom. The normalized spacial score (nSPS) is 25.4. The third-order valence-corrected chi connectivity index (χ3v) is 23.1. The molecule has 0 radical (unpaired) electrons. The standard InChI is InChI=1S/C89H161O25P/c1-5-9-13-17-21-25-29-33-35-39-41-45-49-53-57-61-72(91)105-66-69(108-74(93)63-59-55-51-47-43-37-31-27-23-19-15-11-7-3)67-107-115(103,104)114-87-85(112-88-82(101)78(97)76(95)70(65-90)109-88)81(100)80(99)84(111-75(94)64-60-56-52-48-44-38-32-28-24-20-16-12-8-4)86(87)113-89-83(102)79(98)77(96)71(110-89)68-106-73(92)62-58-54-50-46-42-40-36-34-30-26-22-18-14-10-6-2/h25,29,37-38,43-44,69-71,76-90,95-102H,5-24,26-28,30-36,39-42,45-68H2,1-4H3,(H,103,104)/b29-25-,43-37-,44-38-. The molecular formula is C89H161O25P. The number of aliphatic hydroxyl groups excluding tert-OH is 9. The van der Waals surface area contributed by atoms with Gasteiger partial charge in [0.15, 0.2) is 24.8 Å². The molecule has 0 aromatic heterocycles. The van der Waals surface area contributed by atoms with Gasteiger partial charge in [-0.15, -0.1) is 0 Å². The fourth-order valence-corrected chi connectivity index (χ4v) is 15.7. The summed E-state index contributed by atoms with van der Waals surface area (Å²) in [5.41, 5.74) is 0. The zero-order valence-corrected chi connectivity index (χ0v) is 72.2. The Labute approximate surface area is 691 Å². The molecule has 1 aliphatic carbocycles. The highest BCUT2D eigenvalue weighted by molar-refractivity contribution is 7.47. The van der Waals surface area contributed by atoms with Crippen molar-refractivity contribution in [2.45, 2.75) is 479 Å². The predicted octanol–water partition coefficient (Wildman–Crippen LogP) is 16.3. The fraction of sp³-hybridized carbons (Fsp3) is 0.888. The van der Waals surface area contributed by atoms with Crippen LogP contribution >= 0.6 is 7.82 Å². The molecule has 18 unspecified atom stereocenters. The quantitative estimate of drug-likeness (QED) is 0.00889. The average molecular weight is 1660 g/mol. The second kappa shape index (κ2) is 68.3. The Bertz CT molecular complexity index is 2540. The number of esters is 4. The van der Waals surface area contributed by atoms with Gasteiger partial charge in [0.2, 0.25) is 0 Å². The molecule has 115 heavy (non-hydrogen) atoms. The van der Waals surface area contributed by atoms with Crippen molar-refractivity contribution in [2.75, 3.05) is 26.4 Å². The van der Waals surface area contributed by atoms with E-state index in [4.69, 9.17) is 46.9 Å². The number of unbranched alkanes of at least 4 members (excludes halogenated alkanes) is 43. The minimum absolute atomic E-state index is 0.0143. The van der Waals surface area contributed by atoms with Gasteiger partial charge >= 0.3 is 31.7 Å². The molecule has 25 nitrogen and oxygen atoms in total. The summed E-state index contributed by atoms with van der Waals surface area (Å²) in [5, 5.41) is 102. The number of carbonyl (C=O) groups is 4. The van der Waals surface area contributed by atoms with Crippen molar-refractivity contribution >= 4 is 31.7 Å². The second-order valence-electron chi connectivity index (χ2n) is 32.4. The van der Waals surface area contributed by atoms with Crippen LogP contribution in [0.3, 0.4) is 0 Å². The number of phosphoric acid groups is 1. The van der Waals surface area contributed by atoms with E-state index in [0.29, 0.717) is 38.5 Å². The molecule has 3 rings (SSSR count). The fourth-order valence-electron chi connectivity index (χ4n) is 14.8. The van der Waals surface area contributed by atoms with Crippen molar-refractivity contribution in [1.29, 1.82) is 0 Å². The summed E-state index contributed by atoms with van der Waals surface area (Å²) >= 11 is 0. The number of ether oxygens (including phenoxy) is 8. The molecule has 0 aromatic carbocycles. The van der Waals surface area contributed by atoms with Crippen molar-refractivity contribution in [3.05, 3.63) is 36.5 Å². The molecule has 3 fully saturated rings. The summed E-state index contributed by atoms with van der Waals surface area (Å²) < 4.78 is 73.2. The van der Waals surface area contributed by atoms with E-state index in [-0.39, 0.29) is 32.1 Å². The molecule has 2 saturated heterocycles. The molecule has 0 bridgehead atoms. The van der Waals surface area contributed by atoms with Gasteiger partial charge in [0.1, 0.15) is 92.6 Å². The van der Waals surface area contributed by atoms with Gasteiger partial charge in [-0.1, -0.05) is 282 Å². The van der Waals surface area contributed by atoms with E-state index >= 15 is 0 Å². The van der Waals surface area contributed by atoms with Crippen molar-refractivity contribution in [2.24, 2.45) is 0 Å². The summed E-state index contributed by atoms with van der Waals surface area (Å²) in [4.78, 5) is 66.3. The predicted molar refractivity (Wildman–Crippen MR) is 444 cm³/mol. The summed E-state index contributed by atoms with van der Waals surface area (Å²) in [6.07, 6.45) is 28.8. The van der Waals surface area contributed by atoms with Crippen LogP contribution in [0, 0.1) is 0 Å². The number of allylic oxidation sites excluding steroid dienone is 6. The molecule has 18 atom stereocenters. The van der Waals surface area contributed by atoms with Crippen LogP contribution in [0.1, 0.15) is 374 Å². The average Bonchev–Trinajstić information content (AvgIpc) is 0.755. The minimum Gasteiger partial charge on any atom is -0.463 e. The van der Waals surface area contributed by atoms with Crippen LogP contribution in [-0.4, -0.2) is 205 Å². The lowest BCUT2D eigenvalue weighted by Crippen LogP contribution is -2.70. The topological polar surface area (TPSA) is 380 Å². The first-order valence-electron chi connectivity index (χ1n) is 45.7. The molecule has 672 valence electrons. The lowest BCUT2D eigenvalue weighted by atomic mass is 9.84. The Hall–Kier alpha value is -3.31. The van der Waals surface area contributed by atoms with E-state index in [2.05, 4.69) is 64.2 Å². The zero-order chi connectivity index (χ0) is 84.0. The highest BCUT2D eigenvalue weighted by atomic mass is 31.2. The lowest BCUT2D eigenvalue weighted by Gasteiger charge is -2.50. The maximum atomic E-state index is 14.9. The highest BCUT2D eigenvalue weighted by Gasteiger charge is 2.60. The molecule has 0 aromatic rings. The van der Waals surface area contributed by atoms with Crippen LogP contribution in [0.2, 0.25) is 0 Å². The Morgan fingerprint density at radius 3 is 1.05 bits per heavy atom. The van der Waals surface area contributed by atoms with Gasteiger partial charge in [0, 0.05) is 25.7 Å². The number of rotatable bonds is 73. The van der Waals surface area contributed by atoms with E-state index in [9.17, 15) is 74.6 Å². The summed E-state index contributed by atoms with van der Waals surface area (Å²) in [6.45, 7) is 5.52. The van der Waals surface area contributed by atoms with Crippen molar-refractivity contribution in [3.8, 4) is 0 Å². The monoisotopic (exact) mass is 1660 g/mol. The largest absolute Gasteiger partial charge is 0.472 e. The van der Waals surface area contributed by atoms with E-state index < -0.39 is 162 Å². The minimum atomic E-state index is -5.81. The second-order valence-corrected chi connectivity index (χ2v) is 33.9. The molecule has 0 amide bonds. The van der Waals surface area contributed by atoms with Crippen LogP contribution in [0.4, 0.5) is 0 Å². The number of hydrogen-bond acceptors (Lipinski definition) is 24. The van der Waals surface area contributed by atoms with E-state index in [1.165, 1.54) is 141 Å². The summed E-state index contributed by atoms with van der Waals surface area (Å²) in [5.74, 6) is -3.01. The van der Waals surface area contributed by atoms with Crippen molar-refractivity contribution < 1.29 is 122 Å². The van der Waals surface area contributed by atoms with Crippen LogP contribution in [0.5, 0.6) is 0 Å². The number of aliphatic hydroxyl groups is 9. The Kier molecular flexibility index (Phi) is 62.8. The first-order chi connectivity index (χ1) is 55.7. The number of phosphoric ester groups is 1. The van der Waals surface area contributed by atoms with Crippen molar-refractivity contribution in [3.63, 3.8) is 0 Å². The molecular weight excluding hydrogens is 1500 g/mol. The van der Waals surface area contributed by atoms with Crippen LogP contribution in [0.15, 0.2) is 36.5 Å². The van der Waals surface area contributed by atoms with Gasteiger partial charge in [-0.3, -0.25) is 28.2 Å². The maximum Gasteiger partial charge on any atom is 0.472 e. The molecule has 26 heteroatoms. The molecule has 3 aliphatic rings. The molecule has 1 saturated carbocycles. The molecule has 2 heterocycles. The van der Waals surface area contributed by atoms with E-state index in [0.717, 1.165) is 135 Å². The van der Waals surface area contributed by atoms with Crippen LogP contribution in [0.25, 0.3) is 0 Å². The van der Waals surface area contributed by atoms with Crippen LogP contribution < -0.4 is 0 Å². The smallest absolute Gasteiger partial charge is 0.463 e. The highest BCUT2D eigenvalue weighted by Crippen LogP contribution is 2.49. The summed E-state index contributed by atoms with van der Waals surface area (Å²) in [7, 11) is -5.81. The lowest BCUT2D eigenvalue weighted by molar-refractivity contribution is -0.360. The molecule has 0 spiro atoms. The number of hydrogen-bond donors (Lipinski definition) is 10. The molecule has 10 N–H and O–H groups in total. The molecule has 2 aliphatic heterocycles. The maximum absolute atomic E-state index is 14.9. The first kappa shape index (κ1) is 106. The van der Waals surface area contributed by atoms with Gasteiger partial charge in [0.05, 0.1) is 13.2 Å². The third kappa shape index (κ3) is 48.8. The van der Waals surface area contributed by atoms with Crippen molar-refractivity contribution in [1.82, 2.24) is 0 Å². The van der Waals surface area contributed by atoms with Crippen LogP contribution in [-0.2, 0) is 70.7 Å². The zero-order valence-electron chi connectivity index (χ0n) is 71.3. The van der Waals surface area contributed by atoms with Gasteiger partial charge in [-0.25, -0.2) is 4.57 Å². The van der Waals surface area contributed by atoms with E-state index in [1.807, 2.05) is 0 Å². The SMILES string of the molecule is CCCCCC/C=C\CCCCCCCCCC(=O)OCC(COP(=O)(O)OC1C(OC2OC(CO)C(O)C(O)C2O)C(O)C(O)C(OC(=O)CCCCC/C=C\CCCCCCCC)C1OC1OC(COC(=O)CCCCCCCCCCCCCCCCC)C(O)C(O)C1O)OC(=O)CCCCC/C=C\CCCCCCCC. The van der Waals surface area contributed by atoms with Gasteiger partial charge < -0.3 is 88.7 Å². The summed E-state index contributed by atoms with van der Waals surface area (Å²) in [6, 6.07) is 0. The Balaban J connectivity index is 1.93. The first-order valence-corrected chi connectivity index (χ1v) is 47.2.